The van der Waals surface area contributed by atoms with Gasteiger partial charge in [0.15, 0.2) is 0 Å². The summed E-state index contributed by atoms with van der Waals surface area (Å²) in [6, 6.07) is 0.243. The van der Waals surface area contributed by atoms with Crippen molar-refractivity contribution < 1.29 is 14.3 Å². The van der Waals surface area contributed by atoms with E-state index < -0.39 is 5.60 Å². The van der Waals surface area contributed by atoms with Crippen molar-refractivity contribution in [1.82, 2.24) is 9.80 Å². The van der Waals surface area contributed by atoms with E-state index in [1.165, 1.54) is 0 Å². The lowest BCUT2D eigenvalue weighted by atomic mass is 9.98. The number of hydrogen-bond acceptors (Lipinski definition) is 4. The van der Waals surface area contributed by atoms with Gasteiger partial charge in [0.1, 0.15) is 5.60 Å². The van der Waals surface area contributed by atoms with Crippen molar-refractivity contribution in [3.8, 4) is 0 Å². The molecule has 2 aliphatic heterocycles. The number of carbonyl (C=O) groups is 1. The van der Waals surface area contributed by atoms with Crippen LogP contribution in [-0.2, 0) is 9.47 Å². The first-order valence-corrected chi connectivity index (χ1v) is 7.00. The molecular weight excluding hydrogens is 244 g/mol. The molecule has 1 atom stereocenters. The fraction of sp³-hybridized carbons (Fsp3) is 0.929. The predicted molar refractivity (Wildman–Crippen MR) is 73.2 cm³/mol. The molecule has 0 aromatic carbocycles. The molecule has 110 valence electrons. The molecule has 2 heterocycles. The van der Waals surface area contributed by atoms with Gasteiger partial charge in [-0.3, -0.25) is 4.90 Å². The van der Waals surface area contributed by atoms with E-state index in [4.69, 9.17) is 9.47 Å². The molecule has 2 fully saturated rings. The Kier molecular flexibility index (Phi) is 3.80. The third-order valence-electron chi connectivity index (χ3n) is 3.98. The first-order chi connectivity index (χ1) is 8.71. The molecular formula is C14H26N2O3. The SMILES string of the molecule is CN(C(=O)OC(C)(C)C)C1CCN(C2(C)COC2)C1. The fourth-order valence-electron chi connectivity index (χ4n) is 2.61. The predicted octanol–water partition coefficient (Wildman–Crippen LogP) is 1.72. The van der Waals surface area contributed by atoms with Crippen LogP contribution in [0.3, 0.4) is 0 Å². The van der Waals surface area contributed by atoms with Gasteiger partial charge in [0.2, 0.25) is 0 Å². The van der Waals surface area contributed by atoms with Crippen LogP contribution in [-0.4, -0.2) is 66.4 Å². The Hall–Kier alpha value is -0.810. The van der Waals surface area contributed by atoms with E-state index in [0.717, 1.165) is 32.7 Å². The molecule has 1 unspecified atom stereocenters. The van der Waals surface area contributed by atoms with Crippen molar-refractivity contribution >= 4 is 6.09 Å². The quantitative estimate of drug-likeness (QED) is 0.766. The zero-order valence-electron chi connectivity index (χ0n) is 12.7. The van der Waals surface area contributed by atoms with E-state index in [1.54, 1.807) is 4.90 Å². The summed E-state index contributed by atoms with van der Waals surface area (Å²) < 4.78 is 10.7. The summed E-state index contributed by atoms with van der Waals surface area (Å²) in [7, 11) is 1.84. The Morgan fingerprint density at radius 1 is 1.42 bits per heavy atom. The van der Waals surface area contributed by atoms with E-state index in [9.17, 15) is 4.79 Å². The molecule has 0 saturated carbocycles. The van der Waals surface area contributed by atoms with Gasteiger partial charge in [0, 0.05) is 26.2 Å². The van der Waals surface area contributed by atoms with Crippen LogP contribution in [0.4, 0.5) is 4.79 Å². The fourth-order valence-corrected chi connectivity index (χ4v) is 2.61. The highest BCUT2D eigenvalue weighted by Crippen LogP contribution is 2.29. The molecule has 2 saturated heterocycles. The maximum atomic E-state index is 12.0. The van der Waals surface area contributed by atoms with Crippen molar-refractivity contribution in [2.75, 3.05) is 33.4 Å². The normalized spacial score (nSPS) is 26.9. The molecule has 19 heavy (non-hydrogen) atoms. The number of likely N-dealkylation sites (tertiary alicyclic amines) is 1. The highest BCUT2D eigenvalue weighted by atomic mass is 16.6. The molecule has 0 aromatic heterocycles. The van der Waals surface area contributed by atoms with Crippen molar-refractivity contribution in [2.45, 2.75) is 51.3 Å². The Labute approximate surface area is 115 Å². The van der Waals surface area contributed by atoms with Crippen LogP contribution >= 0.6 is 0 Å². The number of amides is 1. The number of likely N-dealkylation sites (N-methyl/N-ethyl adjacent to an activating group) is 1. The van der Waals surface area contributed by atoms with E-state index in [0.29, 0.717) is 0 Å². The maximum absolute atomic E-state index is 12.0. The molecule has 2 rings (SSSR count). The minimum Gasteiger partial charge on any atom is -0.444 e. The standard InChI is InChI=1S/C14H26N2O3/c1-13(2,3)19-12(17)15(5)11-6-7-16(8-11)14(4)9-18-10-14/h11H,6-10H2,1-5H3. The number of ether oxygens (including phenoxy) is 2. The second-order valence-corrected chi connectivity index (χ2v) is 6.97. The van der Waals surface area contributed by atoms with Gasteiger partial charge < -0.3 is 14.4 Å². The van der Waals surface area contributed by atoms with Crippen LogP contribution in [0.1, 0.15) is 34.1 Å². The van der Waals surface area contributed by atoms with Crippen LogP contribution in [0, 0.1) is 0 Å². The Bertz CT molecular complexity index is 347. The van der Waals surface area contributed by atoms with Crippen molar-refractivity contribution in [2.24, 2.45) is 0 Å². The minimum absolute atomic E-state index is 0.170. The zero-order valence-corrected chi connectivity index (χ0v) is 12.7. The van der Waals surface area contributed by atoms with Crippen molar-refractivity contribution in [3.63, 3.8) is 0 Å². The molecule has 0 radical (unpaired) electrons. The van der Waals surface area contributed by atoms with Crippen molar-refractivity contribution in [3.05, 3.63) is 0 Å². The first kappa shape index (κ1) is 14.6. The number of nitrogens with zero attached hydrogens (tertiary/aromatic N) is 2. The van der Waals surface area contributed by atoms with Crippen LogP contribution in [0.5, 0.6) is 0 Å². The van der Waals surface area contributed by atoms with Gasteiger partial charge >= 0.3 is 6.09 Å². The summed E-state index contributed by atoms with van der Waals surface area (Å²) in [4.78, 5) is 16.2. The van der Waals surface area contributed by atoms with Gasteiger partial charge in [-0.1, -0.05) is 0 Å². The molecule has 1 amide bonds. The van der Waals surface area contributed by atoms with Crippen LogP contribution in [0.25, 0.3) is 0 Å². The summed E-state index contributed by atoms with van der Waals surface area (Å²) in [5.41, 5.74) is -0.263. The molecule has 2 aliphatic rings. The Morgan fingerprint density at radius 3 is 2.53 bits per heavy atom. The zero-order chi connectivity index (χ0) is 14.3. The maximum Gasteiger partial charge on any atom is 0.410 e. The van der Waals surface area contributed by atoms with E-state index in [1.807, 2.05) is 27.8 Å². The number of rotatable bonds is 2. The topological polar surface area (TPSA) is 42.0 Å². The first-order valence-electron chi connectivity index (χ1n) is 7.00. The van der Waals surface area contributed by atoms with E-state index in [-0.39, 0.29) is 17.7 Å². The average Bonchev–Trinajstić information content (AvgIpc) is 2.71. The Morgan fingerprint density at radius 2 is 2.05 bits per heavy atom. The lowest BCUT2D eigenvalue weighted by molar-refractivity contribution is -0.124. The van der Waals surface area contributed by atoms with Gasteiger partial charge in [-0.25, -0.2) is 4.79 Å². The second kappa shape index (κ2) is 4.94. The van der Waals surface area contributed by atoms with Gasteiger partial charge in [0.05, 0.1) is 18.8 Å². The number of hydrogen-bond donors (Lipinski definition) is 0. The second-order valence-electron chi connectivity index (χ2n) is 6.97. The van der Waals surface area contributed by atoms with Gasteiger partial charge in [-0.15, -0.1) is 0 Å². The van der Waals surface area contributed by atoms with Crippen molar-refractivity contribution in [1.29, 1.82) is 0 Å². The molecule has 0 bridgehead atoms. The summed E-state index contributed by atoms with van der Waals surface area (Å²) >= 11 is 0. The molecule has 0 spiro atoms. The van der Waals surface area contributed by atoms with Gasteiger partial charge in [-0.05, 0) is 34.1 Å². The average molecular weight is 270 g/mol. The van der Waals surface area contributed by atoms with E-state index >= 15 is 0 Å². The minimum atomic E-state index is -0.433. The lowest BCUT2D eigenvalue weighted by Gasteiger charge is -2.45. The summed E-state index contributed by atoms with van der Waals surface area (Å²) in [5, 5.41) is 0. The van der Waals surface area contributed by atoms with E-state index in [2.05, 4.69) is 11.8 Å². The monoisotopic (exact) mass is 270 g/mol. The molecule has 0 N–H and O–H groups in total. The third kappa shape index (κ3) is 3.20. The summed E-state index contributed by atoms with van der Waals surface area (Å²) in [5.74, 6) is 0. The van der Waals surface area contributed by atoms with Crippen LogP contribution < -0.4 is 0 Å². The van der Waals surface area contributed by atoms with Crippen LogP contribution in [0.2, 0.25) is 0 Å². The largest absolute Gasteiger partial charge is 0.444 e. The lowest BCUT2D eigenvalue weighted by Crippen LogP contribution is -2.59. The molecule has 0 aliphatic carbocycles. The van der Waals surface area contributed by atoms with Crippen LogP contribution in [0.15, 0.2) is 0 Å². The molecule has 0 aromatic rings. The number of carbonyl (C=O) groups excluding carboxylic acids is 1. The summed E-state index contributed by atoms with van der Waals surface area (Å²) in [6.45, 7) is 11.5. The smallest absolute Gasteiger partial charge is 0.410 e. The highest BCUT2D eigenvalue weighted by molar-refractivity contribution is 5.68. The highest BCUT2D eigenvalue weighted by Gasteiger charge is 2.44. The van der Waals surface area contributed by atoms with Gasteiger partial charge in [-0.2, -0.15) is 0 Å². The molecule has 5 heteroatoms. The third-order valence-corrected chi connectivity index (χ3v) is 3.98. The van der Waals surface area contributed by atoms with Gasteiger partial charge in [0.25, 0.3) is 0 Å². The Balaban J connectivity index is 1.88. The summed E-state index contributed by atoms with van der Waals surface area (Å²) in [6.07, 6.45) is 0.778. The molecule has 5 nitrogen and oxygen atoms in total.